The Labute approximate surface area is 188 Å². The standard InChI is InChI=1S/C22H18F2N4O4S/c1-31-18-11-17(22(23)24)19(32-2)10-16(18)21-15-4-3-14(9-13(15)5-8-26-21)33(29,30)28-20-6-7-25-12-27-20/h3-12,22H,1-2H3,(H,25,27,28). The minimum absolute atomic E-state index is 0.00662. The van der Waals surface area contributed by atoms with Crippen LogP contribution in [0.3, 0.4) is 0 Å². The molecule has 0 spiro atoms. The summed E-state index contributed by atoms with van der Waals surface area (Å²) >= 11 is 0. The fourth-order valence-corrected chi connectivity index (χ4v) is 4.41. The van der Waals surface area contributed by atoms with E-state index in [1.807, 2.05) is 0 Å². The maximum Gasteiger partial charge on any atom is 0.267 e. The van der Waals surface area contributed by atoms with Gasteiger partial charge in [0.15, 0.2) is 0 Å². The van der Waals surface area contributed by atoms with Gasteiger partial charge in [0.1, 0.15) is 23.6 Å². The smallest absolute Gasteiger partial charge is 0.267 e. The number of fused-ring (bicyclic) bond motifs is 1. The number of rotatable bonds is 7. The molecule has 33 heavy (non-hydrogen) atoms. The van der Waals surface area contributed by atoms with Crippen LogP contribution in [0.2, 0.25) is 0 Å². The molecule has 8 nitrogen and oxygen atoms in total. The molecule has 0 saturated carbocycles. The molecular formula is C22H18F2N4O4S. The first kappa shape index (κ1) is 22.3. The summed E-state index contributed by atoms with van der Waals surface area (Å²) in [5.41, 5.74) is 0.553. The van der Waals surface area contributed by atoms with Crippen LogP contribution in [0.25, 0.3) is 22.0 Å². The van der Waals surface area contributed by atoms with Gasteiger partial charge >= 0.3 is 0 Å². The van der Waals surface area contributed by atoms with Crippen molar-refractivity contribution in [1.29, 1.82) is 0 Å². The molecule has 0 saturated heterocycles. The number of pyridine rings is 1. The number of hydrogen-bond acceptors (Lipinski definition) is 7. The topological polar surface area (TPSA) is 103 Å². The van der Waals surface area contributed by atoms with E-state index in [1.165, 1.54) is 63.3 Å². The van der Waals surface area contributed by atoms with Crippen molar-refractivity contribution in [1.82, 2.24) is 15.0 Å². The average molecular weight is 472 g/mol. The molecule has 0 aliphatic carbocycles. The molecular weight excluding hydrogens is 454 g/mol. The quantitative estimate of drug-likeness (QED) is 0.424. The largest absolute Gasteiger partial charge is 0.496 e. The van der Waals surface area contributed by atoms with Crippen LogP contribution >= 0.6 is 0 Å². The molecule has 2 aromatic carbocycles. The summed E-state index contributed by atoms with van der Waals surface area (Å²) in [5, 5.41) is 1.17. The van der Waals surface area contributed by atoms with Crippen LogP contribution in [0.15, 0.2) is 66.1 Å². The number of anilines is 1. The van der Waals surface area contributed by atoms with Gasteiger partial charge in [0.05, 0.1) is 30.4 Å². The Hall–Kier alpha value is -3.86. The molecule has 0 aliphatic heterocycles. The van der Waals surface area contributed by atoms with Gasteiger partial charge in [-0.05, 0) is 41.8 Å². The lowest BCUT2D eigenvalue weighted by atomic mass is 10.0. The van der Waals surface area contributed by atoms with Crippen molar-refractivity contribution in [2.24, 2.45) is 0 Å². The Kier molecular flexibility index (Phi) is 6.05. The minimum atomic E-state index is -3.91. The second-order valence-corrected chi connectivity index (χ2v) is 8.52. The summed E-state index contributed by atoms with van der Waals surface area (Å²) in [6, 6.07) is 10.2. The molecule has 1 N–H and O–H groups in total. The van der Waals surface area contributed by atoms with Gasteiger partial charge in [-0.1, -0.05) is 6.07 Å². The molecule has 0 fully saturated rings. The van der Waals surface area contributed by atoms with Gasteiger partial charge in [-0.3, -0.25) is 9.71 Å². The van der Waals surface area contributed by atoms with Crippen LogP contribution in [0.4, 0.5) is 14.6 Å². The molecule has 0 atom stereocenters. The number of hydrogen-bond donors (Lipinski definition) is 1. The first-order chi connectivity index (χ1) is 15.8. The normalized spacial score (nSPS) is 11.5. The van der Waals surface area contributed by atoms with E-state index in [9.17, 15) is 17.2 Å². The third-order valence-corrected chi connectivity index (χ3v) is 6.26. The highest BCUT2D eigenvalue weighted by Gasteiger charge is 2.22. The maximum atomic E-state index is 13.4. The minimum Gasteiger partial charge on any atom is -0.496 e. The van der Waals surface area contributed by atoms with Crippen molar-refractivity contribution in [2.75, 3.05) is 18.9 Å². The summed E-state index contributed by atoms with van der Waals surface area (Å²) < 4.78 is 65.3. The number of alkyl halides is 2. The predicted octanol–water partition coefficient (Wildman–Crippen LogP) is 4.45. The molecule has 4 rings (SSSR count). The lowest BCUT2D eigenvalue weighted by Gasteiger charge is -2.16. The van der Waals surface area contributed by atoms with Gasteiger partial charge < -0.3 is 9.47 Å². The highest BCUT2D eigenvalue weighted by atomic mass is 32.2. The number of sulfonamides is 1. The summed E-state index contributed by atoms with van der Waals surface area (Å²) in [5.74, 6) is 0.317. The molecule has 11 heteroatoms. The summed E-state index contributed by atoms with van der Waals surface area (Å²) in [4.78, 5) is 12.0. The fourth-order valence-electron chi connectivity index (χ4n) is 3.36. The molecule has 170 valence electrons. The zero-order valence-corrected chi connectivity index (χ0v) is 18.3. The molecule has 0 unspecified atom stereocenters. The van der Waals surface area contributed by atoms with Gasteiger partial charge in [0.25, 0.3) is 16.4 Å². The Morgan fingerprint density at radius 1 is 0.939 bits per heavy atom. The number of benzene rings is 2. The van der Waals surface area contributed by atoms with Crippen LogP contribution in [-0.2, 0) is 10.0 Å². The maximum absolute atomic E-state index is 13.4. The first-order valence-corrected chi connectivity index (χ1v) is 11.0. The summed E-state index contributed by atoms with van der Waals surface area (Å²) in [6.07, 6.45) is 1.40. The Bertz CT molecular complexity index is 1420. The third-order valence-electron chi connectivity index (χ3n) is 4.91. The van der Waals surface area contributed by atoms with Crippen molar-refractivity contribution in [2.45, 2.75) is 11.3 Å². The van der Waals surface area contributed by atoms with Gasteiger partial charge in [0.2, 0.25) is 0 Å². The van der Waals surface area contributed by atoms with E-state index < -0.39 is 16.4 Å². The van der Waals surface area contributed by atoms with Gasteiger partial charge in [-0.15, -0.1) is 0 Å². The predicted molar refractivity (Wildman–Crippen MR) is 118 cm³/mol. The monoisotopic (exact) mass is 472 g/mol. The molecule has 0 bridgehead atoms. The molecule has 2 aromatic heterocycles. The zero-order chi connectivity index (χ0) is 23.6. The van der Waals surface area contributed by atoms with E-state index in [1.54, 1.807) is 12.1 Å². The fraction of sp³-hybridized carbons (Fsp3) is 0.136. The number of aromatic nitrogens is 3. The molecule has 4 aromatic rings. The molecule has 2 heterocycles. The van der Waals surface area contributed by atoms with Crippen molar-refractivity contribution in [3.8, 4) is 22.8 Å². The Morgan fingerprint density at radius 3 is 2.39 bits per heavy atom. The van der Waals surface area contributed by atoms with Gasteiger partial charge in [-0.25, -0.2) is 27.2 Å². The van der Waals surface area contributed by atoms with Crippen LogP contribution in [0, 0.1) is 0 Å². The number of nitrogens with zero attached hydrogens (tertiary/aromatic N) is 3. The molecule has 0 amide bonds. The highest BCUT2D eigenvalue weighted by Crippen LogP contribution is 2.41. The summed E-state index contributed by atoms with van der Waals surface area (Å²) in [7, 11) is -1.24. The van der Waals surface area contributed by atoms with Crippen LogP contribution in [0.5, 0.6) is 11.5 Å². The van der Waals surface area contributed by atoms with E-state index in [4.69, 9.17) is 9.47 Å². The lowest BCUT2D eigenvalue weighted by molar-refractivity contribution is 0.146. The molecule has 0 aliphatic rings. The van der Waals surface area contributed by atoms with E-state index in [0.29, 0.717) is 22.0 Å². The third kappa shape index (κ3) is 4.40. The summed E-state index contributed by atoms with van der Waals surface area (Å²) in [6.45, 7) is 0. The van der Waals surface area contributed by atoms with E-state index in [0.717, 1.165) is 0 Å². The van der Waals surface area contributed by atoms with Crippen molar-refractivity contribution in [3.63, 3.8) is 0 Å². The van der Waals surface area contributed by atoms with Crippen LogP contribution in [0.1, 0.15) is 12.0 Å². The van der Waals surface area contributed by atoms with Crippen LogP contribution < -0.4 is 14.2 Å². The average Bonchev–Trinajstić information content (AvgIpc) is 2.82. The second-order valence-electron chi connectivity index (χ2n) is 6.84. The zero-order valence-electron chi connectivity index (χ0n) is 17.5. The second kappa shape index (κ2) is 8.94. The van der Waals surface area contributed by atoms with Gasteiger partial charge in [0, 0.05) is 23.3 Å². The number of ether oxygens (including phenoxy) is 2. The van der Waals surface area contributed by atoms with E-state index >= 15 is 0 Å². The SMILES string of the molecule is COc1cc(C(F)F)c(OC)cc1-c1nccc2cc(S(=O)(=O)Nc3ccncn3)ccc12. The van der Waals surface area contributed by atoms with Crippen molar-refractivity contribution < 1.29 is 26.7 Å². The van der Waals surface area contributed by atoms with E-state index in [-0.39, 0.29) is 27.8 Å². The Balaban J connectivity index is 1.82. The van der Waals surface area contributed by atoms with E-state index in [2.05, 4.69) is 19.7 Å². The molecule has 0 radical (unpaired) electrons. The Morgan fingerprint density at radius 2 is 1.73 bits per heavy atom. The van der Waals surface area contributed by atoms with Crippen molar-refractivity contribution >= 4 is 26.6 Å². The lowest BCUT2D eigenvalue weighted by Crippen LogP contribution is -2.13. The van der Waals surface area contributed by atoms with Crippen LogP contribution in [-0.4, -0.2) is 37.6 Å². The highest BCUT2D eigenvalue weighted by molar-refractivity contribution is 7.92. The first-order valence-electron chi connectivity index (χ1n) is 9.56. The van der Waals surface area contributed by atoms with Crippen molar-refractivity contribution in [3.05, 3.63) is 66.7 Å². The number of methoxy groups -OCH3 is 2. The number of halogens is 2. The number of nitrogens with one attached hydrogen (secondary N) is 1. The van der Waals surface area contributed by atoms with Gasteiger partial charge in [-0.2, -0.15) is 0 Å².